The predicted octanol–water partition coefficient (Wildman–Crippen LogP) is 0.925. The van der Waals surface area contributed by atoms with E-state index < -0.39 is 35.3 Å². The van der Waals surface area contributed by atoms with Crippen molar-refractivity contribution >= 4 is 12.1 Å². The van der Waals surface area contributed by atoms with Crippen molar-refractivity contribution in [2.24, 2.45) is 0 Å². The number of hydroxylamine groups is 2. The number of aliphatic hydroxyl groups is 1. The Bertz CT molecular complexity index is 456. The second-order valence-electron chi connectivity index (χ2n) is 6.68. The van der Waals surface area contributed by atoms with Crippen LogP contribution in [0.25, 0.3) is 0 Å². The van der Waals surface area contributed by atoms with Crippen LogP contribution in [0.15, 0.2) is 0 Å². The number of nitrogens with zero attached hydrogens (tertiary/aromatic N) is 1. The van der Waals surface area contributed by atoms with Gasteiger partial charge in [0.2, 0.25) is 6.29 Å². The van der Waals surface area contributed by atoms with Crippen molar-refractivity contribution in [2.75, 3.05) is 6.61 Å². The molecule has 0 saturated carbocycles. The number of carbonyl (C=O) groups excluding carboxylic acids is 2. The van der Waals surface area contributed by atoms with Crippen LogP contribution in [0.1, 0.15) is 41.0 Å². The van der Waals surface area contributed by atoms with Crippen LogP contribution >= 0.6 is 0 Å². The molecule has 0 aromatic heterocycles. The molecule has 2 aliphatic rings. The number of hydrogen-bond donors (Lipinski definition) is 1. The van der Waals surface area contributed by atoms with E-state index in [4.69, 9.17) is 19.0 Å². The van der Waals surface area contributed by atoms with Crippen LogP contribution in [0.2, 0.25) is 0 Å². The molecule has 0 aliphatic carbocycles. The van der Waals surface area contributed by atoms with E-state index in [2.05, 4.69) is 0 Å². The summed E-state index contributed by atoms with van der Waals surface area (Å²) in [7, 11) is 0. The van der Waals surface area contributed by atoms with Gasteiger partial charge in [-0.1, -0.05) is 5.06 Å². The molecule has 0 aromatic rings. The Hall–Kier alpha value is -1.38. The van der Waals surface area contributed by atoms with Gasteiger partial charge in [-0.2, -0.15) is 0 Å². The molecular weight excluding hydrogens is 282 g/mol. The molecule has 2 atom stereocenters. The molecule has 1 spiro atoms. The molecule has 2 heterocycles. The molecule has 8 heteroatoms. The Balaban J connectivity index is 2.21. The third-order valence-corrected chi connectivity index (χ3v) is 3.23. The van der Waals surface area contributed by atoms with Crippen molar-refractivity contribution in [3.05, 3.63) is 0 Å². The summed E-state index contributed by atoms with van der Waals surface area (Å²) < 4.78 is 15.4. The van der Waals surface area contributed by atoms with Gasteiger partial charge in [0, 0.05) is 6.42 Å². The largest absolute Gasteiger partial charge is 0.528 e. The maximum Gasteiger partial charge on any atom is 0.528 e. The first-order valence-corrected chi connectivity index (χ1v) is 6.71. The summed E-state index contributed by atoms with van der Waals surface area (Å²) in [6.07, 6.45) is -2.24. The highest BCUT2D eigenvalue weighted by atomic mass is 16.9. The number of rotatable bonds is 1. The van der Waals surface area contributed by atoms with Crippen LogP contribution < -0.4 is 0 Å². The highest BCUT2D eigenvalue weighted by Crippen LogP contribution is 2.42. The number of cyclic esters (lactones) is 1. The Kier molecular flexibility index (Phi) is 3.67. The fourth-order valence-electron chi connectivity index (χ4n) is 2.40. The summed E-state index contributed by atoms with van der Waals surface area (Å²) in [5.74, 6) is -0.691. The van der Waals surface area contributed by atoms with Crippen LogP contribution in [-0.4, -0.2) is 52.1 Å². The Morgan fingerprint density at radius 1 is 1.43 bits per heavy atom. The number of hydrogen-bond acceptors (Lipinski definition) is 8. The number of carbonyl (C=O) groups is 2. The van der Waals surface area contributed by atoms with Gasteiger partial charge in [0.1, 0.15) is 11.3 Å². The van der Waals surface area contributed by atoms with Crippen molar-refractivity contribution < 1.29 is 33.7 Å². The Morgan fingerprint density at radius 2 is 2.05 bits per heavy atom. The number of aliphatic hydroxyl groups excluding tert-OH is 1. The lowest BCUT2D eigenvalue weighted by Gasteiger charge is -2.34. The van der Waals surface area contributed by atoms with Crippen LogP contribution in [0, 0.1) is 0 Å². The SMILES string of the molecule is CC(C)(C)OC(=O)ON1C(C)(C)OCC12CC(O)OC2=O. The van der Waals surface area contributed by atoms with Crippen LogP contribution in [0.4, 0.5) is 4.79 Å². The lowest BCUT2D eigenvalue weighted by molar-refractivity contribution is -0.250. The average molecular weight is 303 g/mol. The molecule has 21 heavy (non-hydrogen) atoms. The maximum absolute atomic E-state index is 12.0. The number of esters is 1. The highest BCUT2D eigenvalue weighted by Gasteiger charge is 2.64. The predicted molar refractivity (Wildman–Crippen MR) is 68.6 cm³/mol. The smallest absolute Gasteiger partial charge is 0.434 e. The average Bonchev–Trinajstić information content (AvgIpc) is 2.68. The summed E-state index contributed by atoms with van der Waals surface area (Å²) in [4.78, 5) is 29.1. The second kappa shape index (κ2) is 4.82. The molecular formula is C13H21NO7. The lowest BCUT2D eigenvalue weighted by Crippen LogP contribution is -2.56. The molecule has 2 fully saturated rings. The molecule has 1 N–H and O–H groups in total. The third kappa shape index (κ3) is 2.97. The van der Waals surface area contributed by atoms with Gasteiger partial charge in [0.15, 0.2) is 5.54 Å². The van der Waals surface area contributed by atoms with Crippen molar-refractivity contribution in [2.45, 2.75) is 64.2 Å². The normalized spacial score (nSPS) is 32.3. The van der Waals surface area contributed by atoms with E-state index in [1.807, 2.05) is 0 Å². The molecule has 120 valence electrons. The van der Waals surface area contributed by atoms with Gasteiger partial charge in [-0.25, -0.2) is 9.59 Å². The Morgan fingerprint density at radius 3 is 2.52 bits per heavy atom. The lowest BCUT2D eigenvalue weighted by atomic mass is 9.98. The zero-order valence-electron chi connectivity index (χ0n) is 12.8. The van der Waals surface area contributed by atoms with Gasteiger partial charge < -0.3 is 24.2 Å². The van der Waals surface area contributed by atoms with Crippen molar-refractivity contribution in [3.8, 4) is 0 Å². The molecule has 2 rings (SSSR count). The highest BCUT2D eigenvalue weighted by molar-refractivity contribution is 5.83. The molecule has 2 saturated heterocycles. The molecule has 0 amide bonds. The summed E-state index contributed by atoms with van der Waals surface area (Å²) in [6.45, 7) is 8.34. The summed E-state index contributed by atoms with van der Waals surface area (Å²) in [5.41, 5.74) is -3.12. The molecule has 8 nitrogen and oxygen atoms in total. The van der Waals surface area contributed by atoms with Crippen LogP contribution in [0.3, 0.4) is 0 Å². The van der Waals surface area contributed by atoms with Gasteiger partial charge in [0.05, 0.1) is 6.61 Å². The summed E-state index contributed by atoms with van der Waals surface area (Å²) in [5, 5.41) is 10.7. The van der Waals surface area contributed by atoms with Crippen LogP contribution in [0.5, 0.6) is 0 Å². The number of ether oxygens (including phenoxy) is 3. The zero-order chi connectivity index (χ0) is 16.1. The third-order valence-electron chi connectivity index (χ3n) is 3.23. The minimum Gasteiger partial charge on any atom is -0.434 e. The standard InChI is InChI=1S/C13H21NO7/c1-11(2,3)20-10(17)21-14-12(4,5)18-7-13(14)6-8(15)19-9(13)16/h8,15H,6-7H2,1-5H3. The van der Waals surface area contributed by atoms with Crippen molar-refractivity contribution in [1.82, 2.24) is 5.06 Å². The van der Waals surface area contributed by atoms with E-state index in [0.29, 0.717) is 0 Å². The van der Waals surface area contributed by atoms with E-state index in [1.165, 1.54) is 0 Å². The van der Waals surface area contributed by atoms with Gasteiger partial charge in [-0.3, -0.25) is 0 Å². The summed E-state index contributed by atoms with van der Waals surface area (Å²) >= 11 is 0. The van der Waals surface area contributed by atoms with Crippen LogP contribution in [-0.2, 0) is 23.8 Å². The second-order valence-corrected chi connectivity index (χ2v) is 6.68. The van der Waals surface area contributed by atoms with Crippen molar-refractivity contribution in [3.63, 3.8) is 0 Å². The van der Waals surface area contributed by atoms with E-state index in [-0.39, 0.29) is 13.0 Å². The quantitative estimate of drug-likeness (QED) is 0.715. The molecule has 0 radical (unpaired) electrons. The topological polar surface area (TPSA) is 94.5 Å². The van der Waals surface area contributed by atoms with E-state index in [0.717, 1.165) is 5.06 Å². The van der Waals surface area contributed by atoms with E-state index in [1.54, 1.807) is 34.6 Å². The van der Waals surface area contributed by atoms with Crippen molar-refractivity contribution in [1.29, 1.82) is 0 Å². The molecule has 2 aliphatic heterocycles. The monoisotopic (exact) mass is 303 g/mol. The first kappa shape index (κ1) is 16.0. The van der Waals surface area contributed by atoms with E-state index >= 15 is 0 Å². The fraction of sp³-hybridized carbons (Fsp3) is 0.846. The minimum absolute atomic E-state index is 0.0430. The zero-order valence-corrected chi connectivity index (χ0v) is 12.8. The molecule has 0 aromatic carbocycles. The molecule has 0 bridgehead atoms. The first-order valence-electron chi connectivity index (χ1n) is 6.71. The van der Waals surface area contributed by atoms with Gasteiger partial charge >= 0.3 is 12.1 Å². The van der Waals surface area contributed by atoms with Gasteiger partial charge in [-0.05, 0) is 34.6 Å². The fourth-order valence-corrected chi connectivity index (χ4v) is 2.40. The van der Waals surface area contributed by atoms with E-state index in [9.17, 15) is 14.7 Å². The first-order chi connectivity index (χ1) is 9.46. The molecule has 2 unspecified atom stereocenters. The minimum atomic E-state index is -1.35. The van der Waals surface area contributed by atoms with Gasteiger partial charge in [0.25, 0.3) is 0 Å². The Labute approximate surface area is 122 Å². The van der Waals surface area contributed by atoms with Gasteiger partial charge in [-0.15, -0.1) is 0 Å². The summed E-state index contributed by atoms with van der Waals surface area (Å²) in [6, 6.07) is 0. The maximum atomic E-state index is 12.0.